The standard InChI is InChI=1S/C34H55N7O13S/c1-24-17-27(18-25(2)26(24)3)54-16-4-5-29(42)35-6-7-36-34(50)28(23-55(51,52)53)37-30(43)19-38-8-10-39(20-31(44)45)12-14-41(22-33(48)49)15-13-40(11-9-38)21-32(46)47/h17-18,28H,4-16,19-23H2,1-3H3,(H,35,42)(H,36,50)(H,37,43)(H,44,45)(H,46,47)(H,48,49)(H,51,52,53). The zero-order valence-corrected chi connectivity index (χ0v) is 32.4. The van der Waals surface area contributed by atoms with Crippen molar-refractivity contribution >= 4 is 45.7 Å². The number of carboxylic acid groups (broad SMARTS) is 3. The number of rotatable bonds is 20. The molecule has 1 atom stereocenters. The Morgan fingerprint density at radius 1 is 0.691 bits per heavy atom. The number of amides is 3. The van der Waals surface area contributed by atoms with Gasteiger partial charge in [0.15, 0.2) is 0 Å². The van der Waals surface area contributed by atoms with E-state index in [2.05, 4.69) is 16.0 Å². The Labute approximate surface area is 320 Å². The molecule has 1 aromatic rings. The Morgan fingerprint density at radius 2 is 1.11 bits per heavy atom. The van der Waals surface area contributed by atoms with Crippen LogP contribution in [0.5, 0.6) is 5.75 Å². The first-order chi connectivity index (χ1) is 25.8. The van der Waals surface area contributed by atoms with Crippen molar-refractivity contribution in [3.05, 3.63) is 28.8 Å². The fraction of sp³-hybridized carbons (Fsp3) is 0.647. The van der Waals surface area contributed by atoms with Crippen LogP contribution in [0.3, 0.4) is 0 Å². The van der Waals surface area contributed by atoms with Gasteiger partial charge in [0.05, 0.1) is 32.8 Å². The normalized spacial score (nSPS) is 16.2. The second-order valence-electron chi connectivity index (χ2n) is 13.4. The molecule has 7 N–H and O–H groups in total. The van der Waals surface area contributed by atoms with Gasteiger partial charge >= 0.3 is 17.9 Å². The average Bonchev–Trinajstić information content (AvgIpc) is 3.06. The highest BCUT2D eigenvalue weighted by molar-refractivity contribution is 7.85. The number of nitrogens with one attached hydrogen (secondary N) is 3. The van der Waals surface area contributed by atoms with Crippen molar-refractivity contribution in [1.29, 1.82) is 0 Å². The van der Waals surface area contributed by atoms with E-state index >= 15 is 0 Å². The predicted molar refractivity (Wildman–Crippen MR) is 198 cm³/mol. The summed E-state index contributed by atoms with van der Waals surface area (Å²) in [7, 11) is -4.74. The summed E-state index contributed by atoms with van der Waals surface area (Å²) in [6.45, 7) is 5.88. The van der Waals surface area contributed by atoms with E-state index in [9.17, 15) is 57.1 Å². The molecule has 0 aliphatic carbocycles. The summed E-state index contributed by atoms with van der Waals surface area (Å²) in [6.07, 6.45) is 0.589. The van der Waals surface area contributed by atoms with E-state index in [1.165, 1.54) is 5.56 Å². The highest BCUT2D eigenvalue weighted by atomic mass is 32.2. The number of carboxylic acids is 3. The molecule has 0 radical (unpaired) electrons. The van der Waals surface area contributed by atoms with Crippen LogP contribution >= 0.6 is 0 Å². The van der Waals surface area contributed by atoms with Crippen LogP contribution in [0.2, 0.25) is 0 Å². The number of nitrogens with zero attached hydrogens (tertiary/aromatic N) is 4. The lowest BCUT2D eigenvalue weighted by atomic mass is 10.0. The van der Waals surface area contributed by atoms with Gasteiger partial charge < -0.3 is 36.0 Å². The van der Waals surface area contributed by atoms with Crippen LogP contribution in [-0.2, 0) is 38.9 Å². The summed E-state index contributed by atoms with van der Waals surface area (Å²) in [5.74, 6) is -5.80. The lowest BCUT2D eigenvalue weighted by Gasteiger charge is -2.33. The van der Waals surface area contributed by atoms with Gasteiger partial charge in [-0.1, -0.05) is 0 Å². The maximum atomic E-state index is 13.2. The first-order valence-corrected chi connectivity index (χ1v) is 19.5. The highest BCUT2D eigenvalue weighted by Gasteiger charge is 2.27. The zero-order chi connectivity index (χ0) is 41.1. The smallest absolute Gasteiger partial charge is 0.317 e. The summed E-state index contributed by atoms with van der Waals surface area (Å²) in [4.78, 5) is 79.2. The van der Waals surface area contributed by atoms with Crippen LogP contribution in [-0.4, -0.2) is 194 Å². The topological polar surface area (TPSA) is 276 Å². The summed E-state index contributed by atoms with van der Waals surface area (Å²) in [5.41, 5.74) is 3.38. The number of aryl methyl sites for hydroxylation is 2. The lowest BCUT2D eigenvalue weighted by molar-refractivity contribution is -0.140. The molecule has 1 unspecified atom stereocenters. The molecule has 21 heteroatoms. The van der Waals surface area contributed by atoms with E-state index in [0.29, 0.717) is 18.8 Å². The first-order valence-electron chi connectivity index (χ1n) is 17.9. The minimum Gasteiger partial charge on any atom is -0.494 e. The van der Waals surface area contributed by atoms with E-state index in [1.54, 1.807) is 19.6 Å². The third-order valence-corrected chi connectivity index (χ3v) is 9.62. The van der Waals surface area contributed by atoms with E-state index in [0.717, 1.165) is 11.1 Å². The van der Waals surface area contributed by atoms with Crippen molar-refractivity contribution in [2.75, 3.05) is 104 Å². The fourth-order valence-electron chi connectivity index (χ4n) is 5.72. The summed E-state index contributed by atoms with van der Waals surface area (Å²) in [6, 6.07) is 2.15. The predicted octanol–water partition coefficient (Wildman–Crippen LogP) is -2.15. The Balaban J connectivity index is 1.97. The van der Waals surface area contributed by atoms with Gasteiger partial charge in [0, 0.05) is 71.9 Å². The molecule has 1 aliphatic heterocycles. The van der Waals surface area contributed by atoms with Gasteiger partial charge in [-0.3, -0.25) is 52.9 Å². The molecule has 0 aromatic heterocycles. The van der Waals surface area contributed by atoms with Gasteiger partial charge in [0.25, 0.3) is 10.1 Å². The molecule has 1 heterocycles. The maximum Gasteiger partial charge on any atom is 0.317 e. The van der Waals surface area contributed by atoms with Crippen LogP contribution in [0.25, 0.3) is 0 Å². The van der Waals surface area contributed by atoms with Gasteiger partial charge in [-0.05, 0) is 56.0 Å². The number of carbonyl (C=O) groups is 6. The molecule has 0 saturated carbocycles. The summed E-state index contributed by atoms with van der Waals surface area (Å²) in [5, 5.41) is 35.5. The molecule has 55 heavy (non-hydrogen) atoms. The van der Waals surface area contributed by atoms with Gasteiger partial charge in [0.1, 0.15) is 17.5 Å². The molecule has 0 bridgehead atoms. The fourth-order valence-corrected chi connectivity index (χ4v) is 6.38. The van der Waals surface area contributed by atoms with E-state index in [4.69, 9.17) is 4.74 Å². The number of carbonyl (C=O) groups excluding carboxylic acids is 3. The van der Waals surface area contributed by atoms with Gasteiger partial charge in [-0.25, -0.2) is 0 Å². The minimum absolute atomic E-state index is 0.00411. The Kier molecular flexibility index (Phi) is 20.0. The first kappa shape index (κ1) is 46.7. The van der Waals surface area contributed by atoms with Crippen LogP contribution in [0, 0.1) is 20.8 Å². The lowest BCUT2D eigenvalue weighted by Crippen LogP contribution is -2.54. The highest BCUT2D eigenvalue weighted by Crippen LogP contribution is 2.21. The van der Waals surface area contributed by atoms with Crippen molar-refractivity contribution < 1.29 is 61.8 Å². The molecule has 310 valence electrons. The van der Waals surface area contributed by atoms with E-state index in [-0.39, 0.29) is 97.4 Å². The Bertz CT molecular complexity index is 1540. The van der Waals surface area contributed by atoms with Crippen molar-refractivity contribution in [2.24, 2.45) is 0 Å². The summed E-state index contributed by atoms with van der Waals surface area (Å²) >= 11 is 0. The Hall–Kier alpha value is -4.41. The summed E-state index contributed by atoms with van der Waals surface area (Å²) < 4.78 is 38.7. The molecular weight excluding hydrogens is 746 g/mol. The second-order valence-corrected chi connectivity index (χ2v) is 14.9. The average molecular weight is 802 g/mol. The molecule has 1 saturated heterocycles. The minimum atomic E-state index is -4.74. The van der Waals surface area contributed by atoms with Crippen LogP contribution < -0.4 is 20.7 Å². The van der Waals surface area contributed by atoms with Gasteiger partial charge in [-0.15, -0.1) is 0 Å². The quantitative estimate of drug-likeness (QED) is 0.0547. The Morgan fingerprint density at radius 3 is 1.53 bits per heavy atom. The number of hydrogen-bond acceptors (Lipinski definition) is 13. The molecule has 20 nitrogen and oxygen atoms in total. The SMILES string of the molecule is Cc1cc(OCCCC(=O)NCCNC(=O)C(CS(=O)(=O)O)NC(=O)CN2CCN(CC(=O)O)CCN(CC(=O)O)CCN(CC(=O)O)CC2)cc(C)c1C. The van der Waals surface area contributed by atoms with E-state index < -0.39 is 58.2 Å². The van der Waals surface area contributed by atoms with E-state index in [1.807, 2.05) is 32.9 Å². The van der Waals surface area contributed by atoms with Crippen molar-refractivity contribution in [2.45, 2.75) is 39.7 Å². The van der Waals surface area contributed by atoms with Crippen molar-refractivity contribution in [1.82, 2.24) is 35.6 Å². The number of benzene rings is 1. The number of aliphatic carboxylic acids is 3. The van der Waals surface area contributed by atoms with Crippen molar-refractivity contribution in [3.8, 4) is 5.75 Å². The molecular formula is C34H55N7O13S. The van der Waals surface area contributed by atoms with Crippen LogP contribution in [0.1, 0.15) is 29.5 Å². The van der Waals surface area contributed by atoms with Crippen molar-refractivity contribution in [3.63, 3.8) is 0 Å². The number of hydrogen-bond donors (Lipinski definition) is 7. The third kappa shape index (κ3) is 20.2. The molecule has 1 fully saturated rings. The maximum absolute atomic E-state index is 13.2. The molecule has 1 aromatic carbocycles. The van der Waals surface area contributed by atoms with Gasteiger partial charge in [0.2, 0.25) is 17.7 Å². The molecule has 1 aliphatic rings. The zero-order valence-electron chi connectivity index (χ0n) is 31.6. The van der Waals surface area contributed by atoms with Gasteiger partial charge in [-0.2, -0.15) is 8.42 Å². The molecule has 2 rings (SSSR count). The van der Waals surface area contributed by atoms with Crippen LogP contribution in [0.4, 0.5) is 0 Å². The molecule has 0 spiro atoms. The molecule has 3 amide bonds. The van der Waals surface area contributed by atoms with Crippen LogP contribution in [0.15, 0.2) is 12.1 Å². The monoisotopic (exact) mass is 801 g/mol. The second kappa shape index (κ2) is 23.5. The largest absolute Gasteiger partial charge is 0.494 e. The number of ether oxygens (including phenoxy) is 1. The third-order valence-electron chi connectivity index (χ3n) is 8.87.